The predicted octanol–water partition coefficient (Wildman–Crippen LogP) is 4.98. The Bertz CT molecular complexity index is 1380. The highest BCUT2D eigenvalue weighted by atomic mass is 35.5. The van der Waals surface area contributed by atoms with Crippen LogP contribution >= 0.6 is 11.6 Å². The van der Waals surface area contributed by atoms with Gasteiger partial charge in [-0.3, -0.25) is 14.3 Å². The van der Waals surface area contributed by atoms with Gasteiger partial charge in [-0.05, 0) is 55.0 Å². The summed E-state index contributed by atoms with van der Waals surface area (Å²) in [5, 5.41) is 3.41. The molecule has 0 fully saturated rings. The Morgan fingerprint density at radius 1 is 1.00 bits per heavy atom. The Morgan fingerprint density at radius 3 is 2.38 bits per heavy atom. The molecule has 7 nitrogen and oxygen atoms in total. The van der Waals surface area contributed by atoms with E-state index in [-0.39, 0.29) is 11.2 Å². The number of carbonyl (C=O) groups is 1. The lowest BCUT2D eigenvalue weighted by atomic mass is 10.1. The van der Waals surface area contributed by atoms with Crippen molar-refractivity contribution in [1.29, 1.82) is 0 Å². The largest absolute Gasteiger partial charge is 0.493 e. The van der Waals surface area contributed by atoms with Crippen LogP contribution in [-0.4, -0.2) is 22.4 Å². The van der Waals surface area contributed by atoms with Gasteiger partial charge in [-0.2, -0.15) is 0 Å². The number of para-hydroxylation sites is 1. The van der Waals surface area contributed by atoms with Gasteiger partial charge in [-0.25, -0.2) is 4.68 Å². The number of anilines is 1. The molecule has 1 heterocycles. The van der Waals surface area contributed by atoms with E-state index in [2.05, 4.69) is 5.32 Å². The highest BCUT2D eigenvalue weighted by molar-refractivity contribution is 6.30. The van der Waals surface area contributed by atoms with Crippen LogP contribution in [0.5, 0.6) is 11.5 Å². The van der Waals surface area contributed by atoms with Crippen molar-refractivity contribution in [3.05, 3.63) is 105 Å². The monoisotopic (exact) mass is 477 g/mol. The van der Waals surface area contributed by atoms with Gasteiger partial charge in [0.1, 0.15) is 12.3 Å². The molecule has 0 bridgehead atoms. The van der Waals surface area contributed by atoms with Crippen molar-refractivity contribution in [2.75, 3.05) is 12.4 Å². The standard InChI is InChI=1S/C26H24ClN3O4/c1-17-24(26(32)30(29(17)2)21-7-5-4-6-8-21)28-25(31)19-11-14-22(23(15-19)33-3)34-16-18-9-12-20(27)13-10-18/h4-15H,16H2,1-3H3,(H,28,31). The molecular weight excluding hydrogens is 454 g/mol. The minimum absolute atomic E-state index is 0.221. The predicted molar refractivity (Wildman–Crippen MR) is 132 cm³/mol. The third-order valence-electron chi connectivity index (χ3n) is 5.53. The molecule has 0 radical (unpaired) electrons. The van der Waals surface area contributed by atoms with Gasteiger partial charge in [0.05, 0.1) is 18.5 Å². The Balaban J connectivity index is 1.55. The van der Waals surface area contributed by atoms with Gasteiger partial charge in [-0.15, -0.1) is 0 Å². The maximum atomic E-state index is 13.1. The molecule has 174 valence electrons. The summed E-state index contributed by atoms with van der Waals surface area (Å²) in [5.41, 5.74) is 2.54. The van der Waals surface area contributed by atoms with Crippen molar-refractivity contribution in [2.45, 2.75) is 13.5 Å². The number of carbonyl (C=O) groups excluding carboxylic acids is 1. The molecular formula is C26H24ClN3O4. The minimum Gasteiger partial charge on any atom is -0.493 e. The fraction of sp³-hybridized carbons (Fsp3) is 0.154. The van der Waals surface area contributed by atoms with E-state index in [1.807, 2.05) is 42.5 Å². The molecule has 0 saturated carbocycles. The van der Waals surface area contributed by atoms with Crippen LogP contribution in [0.15, 0.2) is 77.6 Å². The van der Waals surface area contributed by atoms with Gasteiger partial charge >= 0.3 is 0 Å². The van der Waals surface area contributed by atoms with E-state index in [1.54, 1.807) is 49.0 Å². The highest BCUT2D eigenvalue weighted by Gasteiger charge is 2.19. The first-order valence-corrected chi connectivity index (χ1v) is 11.0. The van der Waals surface area contributed by atoms with Crippen molar-refractivity contribution in [1.82, 2.24) is 9.36 Å². The molecule has 0 aliphatic carbocycles. The van der Waals surface area contributed by atoms with Crippen molar-refractivity contribution in [3.63, 3.8) is 0 Å². The van der Waals surface area contributed by atoms with Crippen LogP contribution < -0.4 is 20.3 Å². The SMILES string of the molecule is COc1cc(C(=O)Nc2c(C)n(C)n(-c3ccccc3)c2=O)ccc1OCc1ccc(Cl)cc1. The second kappa shape index (κ2) is 9.89. The second-order valence-electron chi connectivity index (χ2n) is 7.67. The molecule has 1 aromatic heterocycles. The van der Waals surface area contributed by atoms with Crippen LogP contribution in [0.3, 0.4) is 0 Å². The summed E-state index contributed by atoms with van der Waals surface area (Å²) < 4.78 is 14.5. The minimum atomic E-state index is -0.423. The molecule has 34 heavy (non-hydrogen) atoms. The Kier molecular flexibility index (Phi) is 6.75. The van der Waals surface area contributed by atoms with Crippen LogP contribution in [0.1, 0.15) is 21.6 Å². The number of methoxy groups -OCH3 is 1. The summed E-state index contributed by atoms with van der Waals surface area (Å²) in [6.45, 7) is 2.10. The quantitative estimate of drug-likeness (QED) is 0.407. The number of nitrogens with one attached hydrogen (secondary N) is 1. The maximum absolute atomic E-state index is 13.1. The van der Waals surface area contributed by atoms with E-state index in [4.69, 9.17) is 21.1 Å². The van der Waals surface area contributed by atoms with E-state index >= 15 is 0 Å². The molecule has 3 aromatic carbocycles. The molecule has 0 aliphatic rings. The average Bonchev–Trinajstić information content (AvgIpc) is 3.07. The molecule has 8 heteroatoms. The summed E-state index contributed by atoms with van der Waals surface area (Å²) in [5.74, 6) is 0.484. The zero-order valence-corrected chi connectivity index (χ0v) is 19.8. The molecule has 0 atom stereocenters. The van der Waals surface area contributed by atoms with E-state index in [0.29, 0.717) is 40.1 Å². The first-order chi connectivity index (χ1) is 16.4. The van der Waals surface area contributed by atoms with Crippen molar-refractivity contribution < 1.29 is 14.3 Å². The number of ether oxygens (including phenoxy) is 2. The molecule has 0 aliphatic heterocycles. The van der Waals surface area contributed by atoms with E-state index in [9.17, 15) is 9.59 Å². The number of benzene rings is 3. The molecule has 0 unspecified atom stereocenters. The van der Waals surface area contributed by atoms with Gasteiger partial charge < -0.3 is 14.8 Å². The van der Waals surface area contributed by atoms with Crippen LogP contribution in [0.25, 0.3) is 5.69 Å². The van der Waals surface area contributed by atoms with Crippen molar-refractivity contribution >= 4 is 23.2 Å². The first kappa shape index (κ1) is 23.2. The lowest BCUT2D eigenvalue weighted by molar-refractivity contribution is 0.102. The number of halogens is 1. The summed E-state index contributed by atoms with van der Waals surface area (Å²) in [6, 6.07) is 21.5. The summed E-state index contributed by atoms with van der Waals surface area (Å²) in [4.78, 5) is 26.1. The van der Waals surface area contributed by atoms with E-state index in [0.717, 1.165) is 5.56 Å². The number of rotatable bonds is 7. The summed E-state index contributed by atoms with van der Waals surface area (Å²) in [6.07, 6.45) is 0. The van der Waals surface area contributed by atoms with E-state index in [1.165, 1.54) is 11.8 Å². The fourth-order valence-corrected chi connectivity index (χ4v) is 3.69. The van der Waals surface area contributed by atoms with Crippen LogP contribution in [-0.2, 0) is 13.7 Å². The number of aromatic nitrogens is 2. The summed E-state index contributed by atoms with van der Waals surface area (Å²) in [7, 11) is 3.28. The number of hydrogen-bond donors (Lipinski definition) is 1. The number of amides is 1. The summed E-state index contributed by atoms with van der Waals surface area (Å²) >= 11 is 5.92. The number of hydrogen-bond acceptors (Lipinski definition) is 4. The van der Waals surface area contributed by atoms with Crippen LogP contribution in [0.4, 0.5) is 5.69 Å². The molecule has 0 saturated heterocycles. The van der Waals surface area contributed by atoms with Gasteiger partial charge in [0, 0.05) is 17.6 Å². The van der Waals surface area contributed by atoms with Gasteiger partial charge in [0.25, 0.3) is 11.5 Å². The molecule has 4 aromatic rings. The zero-order valence-electron chi connectivity index (χ0n) is 19.0. The lowest BCUT2D eigenvalue weighted by Crippen LogP contribution is -2.23. The van der Waals surface area contributed by atoms with Crippen LogP contribution in [0, 0.1) is 6.92 Å². The van der Waals surface area contributed by atoms with Gasteiger partial charge in [0.15, 0.2) is 11.5 Å². The third kappa shape index (κ3) is 4.70. The fourth-order valence-electron chi connectivity index (χ4n) is 3.57. The third-order valence-corrected chi connectivity index (χ3v) is 5.78. The van der Waals surface area contributed by atoms with Crippen molar-refractivity contribution in [3.8, 4) is 17.2 Å². The Labute approximate surface area is 202 Å². The Hall–Kier alpha value is -3.97. The van der Waals surface area contributed by atoms with Gasteiger partial charge in [-0.1, -0.05) is 41.9 Å². The van der Waals surface area contributed by atoms with Crippen molar-refractivity contribution in [2.24, 2.45) is 7.05 Å². The molecule has 1 N–H and O–H groups in total. The highest BCUT2D eigenvalue weighted by Crippen LogP contribution is 2.29. The lowest BCUT2D eigenvalue weighted by Gasteiger charge is -2.12. The first-order valence-electron chi connectivity index (χ1n) is 10.6. The van der Waals surface area contributed by atoms with E-state index < -0.39 is 5.91 Å². The molecule has 1 amide bonds. The zero-order chi connectivity index (χ0) is 24.2. The topological polar surface area (TPSA) is 74.5 Å². The molecule has 4 rings (SSSR count). The van der Waals surface area contributed by atoms with Crippen LogP contribution in [0.2, 0.25) is 5.02 Å². The smallest absolute Gasteiger partial charge is 0.295 e. The molecule has 0 spiro atoms. The average molecular weight is 478 g/mol. The second-order valence-corrected chi connectivity index (χ2v) is 8.11. The van der Waals surface area contributed by atoms with Gasteiger partial charge in [0.2, 0.25) is 0 Å². The Morgan fingerprint density at radius 2 is 1.71 bits per heavy atom. The maximum Gasteiger partial charge on any atom is 0.295 e. The normalized spacial score (nSPS) is 10.7. The number of nitrogens with zero attached hydrogens (tertiary/aromatic N) is 2.